The smallest absolute Gasteiger partial charge is 0.305 e. The maximum Gasteiger partial charge on any atom is 0.305 e. The fraction of sp³-hybridized carbons (Fsp3) is 0.900. The van der Waals surface area contributed by atoms with Gasteiger partial charge in [0.2, 0.25) is 10.0 Å². The molecule has 0 aromatic carbocycles. The largest absolute Gasteiger partial charge is 0.469 e. The van der Waals surface area contributed by atoms with E-state index in [1.807, 2.05) is 0 Å². The fourth-order valence-electron chi connectivity index (χ4n) is 1.77. The second-order valence-electron chi connectivity index (χ2n) is 4.16. The summed E-state index contributed by atoms with van der Waals surface area (Å²) in [5.74, 6) is -0.405. The number of hydrogen-bond donors (Lipinski definition) is 2. The van der Waals surface area contributed by atoms with Crippen molar-refractivity contribution in [2.24, 2.45) is 0 Å². The molecule has 0 aromatic heterocycles. The number of carbonyl (C=O) groups is 1. The summed E-state index contributed by atoms with van der Waals surface area (Å²) in [6.07, 6.45) is 2.28. The molecule has 0 bridgehead atoms. The number of nitrogens with one attached hydrogen (secondary N) is 2. The quantitative estimate of drug-likeness (QED) is 0.638. The van der Waals surface area contributed by atoms with Crippen LogP contribution in [-0.4, -0.2) is 46.4 Å². The normalized spacial score (nSPS) is 21.1. The Kier molecular flexibility index (Phi) is 5.87. The maximum atomic E-state index is 11.7. The van der Waals surface area contributed by atoms with Gasteiger partial charge in [0.05, 0.1) is 12.9 Å². The first-order valence-corrected chi connectivity index (χ1v) is 7.46. The van der Waals surface area contributed by atoms with Crippen molar-refractivity contribution in [2.45, 2.75) is 31.7 Å². The van der Waals surface area contributed by atoms with E-state index in [1.165, 1.54) is 7.11 Å². The van der Waals surface area contributed by atoms with Gasteiger partial charge in [0.15, 0.2) is 0 Å². The molecule has 1 aliphatic rings. The average Bonchev–Trinajstić information content (AvgIpc) is 2.29. The zero-order chi connectivity index (χ0) is 12.7. The molecule has 1 atom stereocenters. The molecule has 1 aliphatic heterocycles. The minimum Gasteiger partial charge on any atom is -0.469 e. The third kappa shape index (κ3) is 5.99. The van der Waals surface area contributed by atoms with Crippen LogP contribution in [0.1, 0.15) is 25.7 Å². The van der Waals surface area contributed by atoms with Gasteiger partial charge >= 0.3 is 5.97 Å². The molecule has 6 nitrogen and oxygen atoms in total. The average molecular weight is 264 g/mol. The van der Waals surface area contributed by atoms with Crippen molar-refractivity contribution < 1.29 is 17.9 Å². The third-order valence-corrected chi connectivity index (χ3v) is 4.18. The Balaban J connectivity index is 2.27. The summed E-state index contributed by atoms with van der Waals surface area (Å²) >= 11 is 0. The van der Waals surface area contributed by atoms with Crippen molar-refractivity contribution in [3.05, 3.63) is 0 Å². The summed E-state index contributed by atoms with van der Waals surface area (Å²) in [5, 5.41) is 3.14. The molecule has 0 aromatic rings. The van der Waals surface area contributed by atoms with E-state index in [4.69, 9.17) is 0 Å². The molecule has 0 saturated carbocycles. The summed E-state index contributed by atoms with van der Waals surface area (Å²) in [6, 6.07) is -0.0214. The highest BCUT2D eigenvalue weighted by molar-refractivity contribution is 7.89. The maximum absolute atomic E-state index is 11.7. The van der Waals surface area contributed by atoms with Gasteiger partial charge in [-0.25, -0.2) is 13.1 Å². The predicted octanol–water partition coefficient (Wildman–Crippen LogP) is -0.389. The molecule has 0 radical (unpaired) electrons. The van der Waals surface area contributed by atoms with Gasteiger partial charge in [0, 0.05) is 19.0 Å². The molecule has 17 heavy (non-hydrogen) atoms. The second-order valence-corrected chi connectivity index (χ2v) is 6.03. The molecular weight excluding hydrogens is 244 g/mol. The van der Waals surface area contributed by atoms with Crippen molar-refractivity contribution in [3.63, 3.8) is 0 Å². The van der Waals surface area contributed by atoms with Gasteiger partial charge in [0.25, 0.3) is 0 Å². The summed E-state index contributed by atoms with van der Waals surface area (Å²) in [7, 11) is -1.99. The molecule has 100 valence electrons. The van der Waals surface area contributed by atoms with Crippen molar-refractivity contribution in [3.8, 4) is 0 Å². The number of sulfonamides is 1. The van der Waals surface area contributed by atoms with E-state index in [0.717, 1.165) is 19.4 Å². The minimum absolute atomic E-state index is 0.0214. The molecule has 0 unspecified atom stereocenters. The Morgan fingerprint density at radius 1 is 1.53 bits per heavy atom. The first kappa shape index (κ1) is 14.4. The first-order valence-electron chi connectivity index (χ1n) is 5.81. The monoisotopic (exact) mass is 264 g/mol. The number of rotatable bonds is 6. The van der Waals surface area contributed by atoms with Crippen LogP contribution in [0.15, 0.2) is 0 Å². The van der Waals surface area contributed by atoms with Gasteiger partial charge in [-0.05, 0) is 25.8 Å². The number of esters is 1. The van der Waals surface area contributed by atoms with E-state index >= 15 is 0 Å². The summed E-state index contributed by atoms with van der Waals surface area (Å²) in [4.78, 5) is 10.8. The fourth-order valence-corrected chi connectivity index (χ4v) is 3.13. The Hall–Kier alpha value is -0.660. The lowest BCUT2D eigenvalue weighted by Gasteiger charge is -2.23. The standard InChI is InChI=1S/C10H20N2O4S/c1-16-10(13)5-3-7-17(14,15)12-9-4-2-6-11-8-9/h9,11-12H,2-8H2,1H3/t9-/m1/s1. The zero-order valence-electron chi connectivity index (χ0n) is 10.1. The molecule has 1 heterocycles. The van der Waals surface area contributed by atoms with Gasteiger partial charge in [-0.2, -0.15) is 0 Å². The molecule has 0 amide bonds. The van der Waals surface area contributed by atoms with E-state index in [9.17, 15) is 13.2 Å². The lowest BCUT2D eigenvalue weighted by Crippen LogP contribution is -2.46. The van der Waals surface area contributed by atoms with Crippen molar-refractivity contribution in [1.29, 1.82) is 0 Å². The SMILES string of the molecule is COC(=O)CCCS(=O)(=O)N[C@@H]1CCCNC1. The highest BCUT2D eigenvalue weighted by Gasteiger charge is 2.19. The Morgan fingerprint density at radius 3 is 2.88 bits per heavy atom. The van der Waals surface area contributed by atoms with E-state index < -0.39 is 10.0 Å². The van der Waals surface area contributed by atoms with Crippen LogP contribution in [0.2, 0.25) is 0 Å². The second kappa shape index (κ2) is 6.93. The molecule has 7 heteroatoms. The summed E-state index contributed by atoms with van der Waals surface area (Å²) < 4.78 is 30.5. The molecule has 1 saturated heterocycles. The zero-order valence-corrected chi connectivity index (χ0v) is 10.9. The van der Waals surface area contributed by atoms with Gasteiger partial charge < -0.3 is 10.1 Å². The molecule has 1 rings (SSSR count). The van der Waals surface area contributed by atoms with Crippen LogP contribution in [0, 0.1) is 0 Å². The molecule has 0 aliphatic carbocycles. The lowest BCUT2D eigenvalue weighted by atomic mass is 10.1. The van der Waals surface area contributed by atoms with Gasteiger partial charge in [-0.3, -0.25) is 4.79 Å². The number of carbonyl (C=O) groups excluding carboxylic acids is 1. The topological polar surface area (TPSA) is 84.5 Å². The van der Waals surface area contributed by atoms with E-state index in [0.29, 0.717) is 13.0 Å². The van der Waals surface area contributed by atoms with Gasteiger partial charge in [-0.1, -0.05) is 0 Å². The number of methoxy groups -OCH3 is 1. The number of hydrogen-bond acceptors (Lipinski definition) is 5. The summed E-state index contributed by atoms with van der Waals surface area (Å²) in [6.45, 7) is 1.62. The van der Waals surface area contributed by atoms with Crippen molar-refractivity contribution in [2.75, 3.05) is 26.0 Å². The van der Waals surface area contributed by atoms with Gasteiger partial charge in [0.1, 0.15) is 0 Å². The predicted molar refractivity (Wildman–Crippen MR) is 64.1 cm³/mol. The molecule has 2 N–H and O–H groups in total. The highest BCUT2D eigenvalue weighted by atomic mass is 32.2. The van der Waals surface area contributed by atoms with Crippen LogP contribution in [0.25, 0.3) is 0 Å². The van der Waals surface area contributed by atoms with E-state index in [-0.39, 0.29) is 24.2 Å². The Morgan fingerprint density at radius 2 is 2.29 bits per heavy atom. The highest BCUT2D eigenvalue weighted by Crippen LogP contribution is 2.04. The minimum atomic E-state index is -3.28. The number of piperidine rings is 1. The van der Waals surface area contributed by atoms with Crippen molar-refractivity contribution >= 4 is 16.0 Å². The lowest BCUT2D eigenvalue weighted by molar-refractivity contribution is -0.140. The molecule has 1 fully saturated rings. The molecule has 0 spiro atoms. The van der Waals surface area contributed by atoms with Crippen LogP contribution in [0.5, 0.6) is 0 Å². The van der Waals surface area contributed by atoms with E-state index in [1.54, 1.807) is 0 Å². The van der Waals surface area contributed by atoms with Crippen LogP contribution >= 0.6 is 0 Å². The Labute approximate surface area is 102 Å². The summed E-state index contributed by atoms with van der Waals surface area (Å²) in [5.41, 5.74) is 0. The molecular formula is C10H20N2O4S. The van der Waals surface area contributed by atoms with E-state index in [2.05, 4.69) is 14.8 Å². The Bertz CT molecular complexity index is 336. The van der Waals surface area contributed by atoms with Crippen molar-refractivity contribution in [1.82, 2.24) is 10.0 Å². The first-order chi connectivity index (χ1) is 8.03. The number of ether oxygens (including phenoxy) is 1. The van der Waals surface area contributed by atoms with Crippen LogP contribution < -0.4 is 10.0 Å². The van der Waals surface area contributed by atoms with Crippen LogP contribution in [0.3, 0.4) is 0 Å². The van der Waals surface area contributed by atoms with Gasteiger partial charge in [-0.15, -0.1) is 0 Å². The van der Waals surface area contributed by atoms with Crippen LogP contribution in [-0.2, 0) is 19.6 Å². The third-order valence-electron chi connectivity index (χ3n) is 2.66. The van der Waals surface area contributed by atoms with Crippen LogP contribution in [0.4, 0.5) is 0 Å².